The molecule has 0 aliphatic heterocycles. The highest BCUT2D eigenvalue weighted by Gasteiger charge is 2.15. The average Bonchev–Trinajstić information content (AvgIpc) is 2.35. The van der Waals surface area contributed by atoms with Crippen molar-refractivity contribution in [2.45, 2.75) is 11.2 Å². The van der Waals surface area contributed by atoms with Crippen LogP contribution in [0, 0.1) is 0 Å². The lowest BCUT2D eigenvalue weighted by atomic mass is 10.3. The molecule has 0 saturated heterocycles. The molecular formula is C11H16O4S. The van der Waals surface area contributed by atoms with Crippen LogP contribution >= 0.6 is 0 Å². The molecule has 0 fully saturated rings. The Morgan fingerprint density at radius 3 is 2.38 bits per heavy atom. The Bertz CT molecular complexity index is 350. The molecule has 0 aliphatic rings. The zero-order chi connectivity index (χ0) is 12.0. The van der Waals surface area contributed by atoms with Gasteiger partial charge in [0, 0.05) is 14.2 Å². The van der Waals surface area contributed by atoms with Crippen LogP contribution in [0.4, 0.5) is 0 Å². The minimum atomic E-state index is -1.20. The third-order valence-corrected chi connectivity index (χ3v) is 3.53. The zero-order valence-corrected chi connectivity index (χ0v) is 10.5. The normalized spacial score (nSPS) is 12.8. The van der Waals surface area contributed by atoms with E-state index in [0.717, 1.165) is 0 Å². The number of ether oxygens (including phenoxy) is 3. The molecule has 1 unspecified atom stereocenters. The molecule has 1 rings (SSSR count). The van der Waals surface area contributed by atoms with Crippen molar-refractivity contribution in [2.75, 3.05) is 27.1 Å². The maximum atomic E-state index is 12.0. The van der Waals surface area contributed by atoms with Crippen LogP contribution in [0.15, 0.2) is 29.2 Å². The molecule has 1 atom stereocenters. The van der Waals surface area contributed by atoms with Crippen molar-refractivity contribution >= 4 is 10.8 Å². The molecular weight excluding hydrogens is 228 g/mol. The van der Waals surface area contributed by atoms with E-state index < -0.39 is 17.1 Å². The lowest BCUT2D eigenvalue weighted by molar-refractivity contribution is -0.0847. The minimum absolute atomic E-state index is 0.285. The Morgan fingerprint density at radius 1 is 1.19 bits per heavy atom. The summed E-state index contributed by atoms with van der Waals surface area (Å²) in [5.41, 5.74) is 0. The molecule has 0 N–H and O–H groups in total. The molecule has 0 amide bonds. The van der Waals surface area contributed by atoms with Crippen molar-refractivity contribution in [3.05, 3.63) is 24.3 Å². The third kappa shape index (κ3) is 3.30. The van der Waals surface area contributed by atoms with Gasteiger partial charge in [0.05, 0.1) is 28.6 Å². The van der Waals surface area contributed by atoms with Gasteiger partial charge >= 0.3 is 0 Å². The molecule has 5 heteroatoms. The summed E-state index contributed by atoms with van der Waals surface area (Å²) < 4.78 is 27.2. The molecule has 0 radical (unpaired) electrons. The second-order valence-corrected chi connectivity index (χ2v) is 4.53. The van der Waals surface area contributed by atoms with Crippen molar-refractivity contribution < 1.29 is 18.4 Å². The number of methoxy groups -OCH3 is 3. The van der Waals surface area contributed by atoms with Gasteiger partial charge in [-0.2, -0.15) is 0 Å². The highest BCUT2D eigenvalue weighted by Crippen LogP contribution is 2.21. The second kappa shape index (κ2) is 6.62. The van der Waals surface area contributed by atoms with Gasteiger partial charge in [0.2, 0.25) is 0 Å². The highest BCUT2D eigenvalue weighted by molar-refractivity contribution is 7.85. The smallest absolute Gasteiger partial charge is 0.168 e. The summed E-state index contributed by atoms with van der Waals surface area (Å²) in [5, 5.41) is 0. The minimum Gasteiger partial charge on any atom is -0.495 e. The van der Waals surface area contributed by atoms with Crippen LogP contribution in [0.5, 0.6) is 5.75 Å². The first kappa shape index (κ1) is 13.2. The van der Waals surface area contributed by atoms with Gasteiger partial charge in [-0.05, 0) is 12.1 Å². The van der Waals surface area contributed by atoms with Crippen LogP contribution in [-0.2, 0) is 20.3 Å². The molecule has 0 aliphatic carbocycles. The Kier molecular flexibility index (Phi) is 5.45. The molecule has 1 aromatic carbocycles. The van der Waals surface area contributed by atoms with Gasteiger partial charge in [-0.3, -0.25) is 4.21 Å². The molecule has 0 heterocycles. The van der Waals surface area contributed by atoms with E-state index in [0.29, 0.717) is 10.6 Å². The van der Waals surface area contributed by atoms with Gasteiger partial charge in [-0.15, -0.1) is 0 Å². The SMILES string of the molecule is COc1ccccc1S(=O)CC(OC)OC. The van der Waals surface area contributed by atoms with E-state index in [9.17, 15) is 4.21 Å². The first-order valence-electron chi connectivity index (χ1n) is 4.80. The summed E-state index contributed by atoms with van der Waals surface area (Å²) in [4.78, 5) is 0.657. The van der Waals surface area contributed by atoms with Crippen LogP contribution < -0.4 is 4.74 Å². The van der Waals surface area contributed by atoms with Crippen molar-refractivity contribution in [2.24, 2.45) is 0 Å². The van der Waals surface area contributed by atoms with Crippen LogP contribution in [-0.4, -0.2) is 37.6 Å². The molecule has 0 aromatic heterocycles. The lowest BCUT2D eigenvalue weighted by Crippen LogP contribution is -2.21. The second-order valence-electron chi connectivity index (χ2n) is 3.06. The van der Waals surface area contributed by atoms with E-state index in [1.54, 1.807) is 19.2 Å². The summed E-state index contributed by atoms with van der Waals surface area (Å²) in [5.74, 6) is 0.902. The number of hydrogen-bond acceptors (Lipinski definition) is 4. The number of hydrogen-bond donors (Lipinski definition) is 0. The van der Waals surface area contributed by atoms with Gasteiger partial charge in [0.15, 0.2) is 6.29 Å². The zero-order valence-electron chi connectivity index (χ0n) is 9.64. The Morgan fingerprint density at radius 2 is 1.81 bits per heavy atom. The quantitative estimate of drug-likeness (QED) is 0.710. The van der Waals surface area contributed by atoms with Gasteiger partial charge in [-0.25, -0.2) is 0 Å². The van der Waals surface area contributed by atoms with E-state index in [1.807, 2.05) is 12.1 Å². The predicted octanol–water partition coefficient (Wildman–Crippen LogP) is 1.42. The summed E-state index contributed by atoms with van der Waals surface area (Å²) >= 11 is 0. The van der Waals surface area contributed by atoms with Crippen molar-refractivity contribution in [1.29, 1.82) is 0 Å². The number of rotatable bonds is 6. The Balaban J connectivity index is 2.79. The van der Waals surface area contributed by atoms with Gasteiger partial charge in [-0.1, -0.05) is 12.1 Å². The fraction of sp³-hybridized carbons (Fsp3) is 0.455. The summed E-state index contributed by atoms with van der Waals surface area (Å²) in [7, 11) is 3.40. The standard InChI is InChI=1S/C11H16O4S/c1-13-9-6-4-5-7-10(9)16(12)8-11(14-2)15-3/h4-7,11H,8H2,1-3H3. The molecule has 0 bridgehead atoms. The molecule has 4 nitrogen and oxygen atoms in total. The summed E-state index contributed by atoms with van der Waals surface area (Å²) in [6.45, 7) is 0. The monoisotopic (exact) mass is 244 g/mol. The van der Waals surface area contributed by atoms with E-state index >= 15 is 0 Å². The van der Waals surface area contributed by atoms with Gasteiger partial charge < -0.3 is 14.2 Å². The van der Waals surface area contributed by atoms with Crippen LogP contribution in [0.3, 0.4) is 0 Å². The van der Waals surface area contributed by atoms with Crippen molar-refractivity contribution in [3.63, 3.8) is 0 Å². The van der Waals surface area contributed by atoms with E-state index in [4.69, 9.17) is 14.2 Å². The molecule has 1 aromatic rings. The van der Waals surface area contributed by atoms with E-state index in [2.05, 4.69) is 0 Å². The fourth-order valence-electron chi connectivity index (χ4n) is 1.25. The van der Waals surface area contributed by atoms with Crippen LogP contribution in [0.1, 0.15) is 0 Å². The first-order chi connectivity index (χ1) is 7.72. The predicted molar refractivity (Wildman–Crippen MR) is 62.1 cm³/mol. The van der Waals surface area contributed by atoms with Crippen LogP contribution in [0.25, 0.3) is 0 Å². The van der Waals surface area contributed by atoms with E-state index in [-0.39, 0.29) is 5.75 Å². The van der Waals surface area contributed by atoms with Crippen LogP contribution in [0.2, 0.25) is 0 Å². The maximum Gasteiger partial charge on any atom is 0.168 e. The summed E-state index contributed by atoms with van der Waals surface area (Å²) in [6.07, 6.45) is -0.467. The topological polar surface area (TPSA) is 44.8 Å². The Labute approximate surface area is 98.0 Å². The van der Waals surface area contributed by atoms with E-state index in [1.165, 1.54) is 14.2 Å². The fourth-order valence-corrected chi connectivity index (χ4v) is 2.56. The number of benzene rings is 1. The lowest BCUT2D eigenvalue weighted by Gasteiger charge is -2.14. The molecule has 0 spiro atoms. The molecule has 16 heavy (non-hydrogen) atoms. The van der Waals surface area contributed by atoms with Gasteiger partial charge in [0.1, 0.15) is 5.75 Å². The third-order valence-electron chi connectivity index (χ3n) is 2.13. The Hall–Kier alpha value is -0.910. The largest absolute Gasteiger partial charge is 0.495 e. The highest BCUT2D eigenvalue weighted by atomic mass is 32.2. The summed E-state index contributed by atoms with van der Waals surface area (Å²) in [6, 6.07) is 7.22. The first-order valence-corrected chi connectivity index (χ1v) is 6.11. The number of para-hydroxylation sites is 1. The van der Waals surface area contributed by atoms with Crippen molar-refractivity contribution in [1.82, 2.24) is 0 Å². The maximum absolute atomic E-state index is 12.0. The molecule has 90 valence electrons. The van der Waals surface area contributed by atoms with Crippen molar-refractivity contribution in [3.8, 4) is 5.75 Å². The average molecular weight is 244 g/mol. The molecule has 0 saturated carbocycles. The van der Waals surface area contributed by atoms with Gasteiger partial charge in [0.25, 0.3) is 0 Å².